The zero-order chi connectivity index (χ0) is 21.5. The number of rotatable bonds is 7. The summed E-state index contributed by atoms with van der Waals surface area (Å²) in [7, 11) is 0. The van der Waals surface area contributed by atoms with Crippen molar-refractivity contribution in [1.29, 1.82) is 0 Å². The molecular weight excluding hydrogens is 418 g/mol. The number of aromatic amines is 3. The summed E-state index contributed by atoms with van der Waals surface area (Å²) in [4.78, 5) is 39.7. The average Bonchev–Trinajstić information content (AvgIpc) is 3.18. The summed E-state index contributed by atoms with van der Waals surface area (Å²) < 4.78 is 6.00. The lowest BCUT2D eigenvalue weighted by molar-refractivity contribution is -0.0414. The Bertz CT molecular complexity index is 1170. The maximum Gasteiger partial charge on any atom is 0.327 e. The molecule has 0 spiro atoms. The second-order valence-electron chi connectivity index (χ2n) is 9.27. The van der Waals surface area contributed by atoms with Crippen LogP contribution in [0.1, 0.15) is 57.2 Å². The van der Waals surface area contributed by atoms with E-state index in [2.05, 4.69) is 24.9 Å². The van der Waals surface area contributed by atoms with E-state index in [-0.39, 0.29) is 5.41 Å². The van der Waals surface area contributed by atoms with Crippen LogP contribution >= 0.6 is 11.6 Å². The highest BCUT2D eigenvalue weighted by Gasteiger charge is 2.48. The van der Waals surface area contributed by atoms with E-state index in [9.17, 15) is 9.59 Å². The number of imidazole rings is 1. The van der Waals surface area contributed by atoms with Gasteiger partial charge in [-0.25, -0.2) is 14.8 Å². The molecule has 3 aliphatic rings. The number of hydrogen-bond acceptors (Lipinski definition) is 5. The molecule has 0 radical (unpaired) electrons. The van der Waals surface area contributed by atoms with E-state index in [1.807, 2.05) is 12.1 Å². The van der Waals surface area contributed by atoms with Crippen LogP contribution in [0.15, 0.2) is 27.9 Å². The number of fused-ring (bicyclic) bond motifs is 4. The Balaban J connectivity index is 1.15. The van der Waals surface area contributed by atoms with E-state index in [1.54, 1.807) is 6.20 Å². The number of hydrogen-bond donors (Lipinski definition) is 3. The van der Waals surface area contributed by atoms with E-state index in [1.165, 1.54) is 38.5 Å². The molecule has 3 aromatic heterocycles. The summed E-state index contributed by atoms with van der Waals surface area (Å²) in [5, 5.41) is 0.619. The molecule has 0 aromatic carbocycles. The molecule has 0 unspecified atom stereocenters. The van der Waals surface area contributed by atoms with Gasteiger partial charge in [0.2, 0.25) is 5.88 Å². The van der Waals surface area contributed by atoms with Gasteiger partial charge in [-0.2, -0.15) is 0 Å². The standard InChI is InChI=1S/C22H26ClN5O3/c23-14-3-4-16(24-12-14)31-13-22-9-6-21(7-10-22,8-11-22)5-1-2-15-25-17-18(26-15)27-20(30)28-19(17)29/h3-4,12H,1-2,5-11,13H2,(H3,25,26,27,28,29,30). The maximum absolute atomic E-state index is 11.9. The van der Waals surface area contributed by atoms with Gasteiger partial charge in [-0.3, -0.25) is 14.8 Å². The summed E-state index contributed by atoms with van der Waals surface area (Å²) in [5.74, 6) is 1.40. The van der Waals surface area contributed by atoms with Crippen molar-refractivity contribution in [3.63, 3.8) is 0 Å². The first-order valence-corrected chi connectivity index (χ1v) is 11.3. The number of nitrogens with one attached hydrogen (secondary N) is 3. The molecule has 3 aliphatic carbocycles. The molecule has 2 bridgehead atoms. The average molecular weight is 444 g/mol. The van der Waals surface area contributed by atoms with Gasteiger partial charge in [-0.05, 0) is 62.8 Å². The van der Waals surface area contributed by atoms with Gasteiger partial charge in [0.25, 0.3) is 5.56 Å². The summed E-state index contributed by atoms with van der Waals surface area (Å²) in [5.41, 5.74) is 0.397. The highest BCUT2D eigenvalue weighted by Crippen LogP contribution is 2.58. The smallest absolute Gasteiger partial charge is 0.327 e. The van der Waals surface area contributed by atoms with Gasteiger partial charge in [-0.15, -0.1) is 0 Å². The fraction of sp³-hybridized carbons (Fsp3) is 0.545. The highest BCUT2D eigenvalue weighted by atomic mass is 35.5. The summed E-state index contributed by atoms with van der Waals surface area (Å²) >= 11 is 5.90. The Morgan fingerprint density at radius 3 is 2.45 bits per heavy atom. The van der Waals surface area contributed by atoms with Gasteiger partial charge in [-0.1, -0.05) is 11.6 Å². The predicted octanol–water partition coefficient (Wildman–Crippen LogP) is 3.73. The lowest BCUT2D eigenvalue weighted by Crippen LogP contribution is -2.44. The van der Waals surface area contributed by atoms with Gasteiger partial charge in [0, 0.05) is 24.1 Å². The van der Waals surface area contributed by atoms with Crippen molar-refractivity contribution in [3.05, 3.63) is 50.0 Å². The van der Waals surface area contributed by atoms with Gasteiger partial charge in [0.15, 0.2) is 5.65 Å². The monoisotopic (exact) mass is 443 g/mol. The van der Waals surface area contributed by atoms with E-state index >= 15 is 0 Å². The maximum atomic E-state index is 11.9. The van der Waals surface area contributed by atoms with Crippen molar-refractivity contribution in [2.75, 3.05) is 6.61 Å². The molecule has 6 rings (SSSR count). The van der Waals surface area contributed by atoms with Crippen molar-refractivity contribution in [2.45, 2.75) is 57.8 Å². The molecular formula is C22H26ClN5O3. The molecule has 9 heteroatoms. The van der Waals surface area contributed by atoms with Crippen molar-refractivity contribution < 1.29 is 4.74 Å². The van der Waals surface area contributed by atoms with Gasteiger partial charge < -0.3 is 9.72 Å². The van der Waals surface area contributed by atoms with Gasteiger partial charge in [0.05, 0.1) is 11.6 Å². The molecule has 3 fully saturated rings. The highest BCUT2D eigenvalue weighted by molar-refractivity contribution is 6.30. The summed E-state index contributed by atoms with van der Waals surface area (Å²) in [6, 6.07) is 3.64. The molecule has 31 heavy (non-hydrogen) atoms. The van der Waals surface area contributed by atoms with Crippen LogP contribution in [0.3, 0.4) is 0 Å². The summed E-state index contributed by atoms with van der Waals surface area (Å²) in [6.45, 7) is 0.726. The lowest BCUT2D eigenvalue weighted by atomic mass is 9.53. The van der Waals surface area contributed by atoms with E-state index in [0.717, 1.165) is 31.7 Å². The van der Waals surface area contributed by atoms with Crippen molar-refractivity contribution >= 4 is 22.8 Å². The zero-order valence-electron chi connectivity index (χ0n) is 17.3. The van der Waals surface area contributed by atoms with Crippen molar-refractivity contribution in [1.82, 2.24) is 24.9 Å². The molecule has 0 aliphatic heterocycles. The molecule has 8 nitrogen and oxygen atoms in total. The Morgan fingerprint density at radius 2 is 1.74 bits per heavy atom. The third kappa shape index (κ3) is 4.13. The van der Waals surface area contributed by atoms with Crippen molar-refractivity contribution in [3.8, 4) is 5.88 Å². The minimum absolute atomic E-state index is 0.273. The Hall–Kier alpha value is -2.61. The minimum atomic E-state index is -0.529. The van der Waals surface area contributed by atoms with Crippen LogP contribution in [0.4, 0.5) is 0 Å². The molecule has 164 valence electrons. The quantitative estimate of drug-likeness (QED) is 0.514. The van der Waals surface area contributed by atoms with E-state index < -0.39 is 11.2 Å². The first-order chi connectivity index (χ1) is 14.9. The predicted molar refractivity (Wildman–Crippen MR) is 118 cm³/mol. The number of aryl methyl sites for hydroxylation is 1. The van der Waals surface area contributed by atoms with Crippen LogP contribution in [0.2, 0.25) is 5.02 Å². The number of halogens is 1. The molecule has 0 atom stereocenters. The van der Waals surface area contributed by atoms with E-state index in [4.69, 9.17) is 16.3 Å². The Kier molecular flexibility index (Phi) is 5.12. The number of ether oxygens (including phenoxy) is 1. The number of pyridine rings is 1. The lowest BCUT2D eigenvalue weighted by Gasteiger charge is -2.53. The van der Waals surface area contributed by atoms with Crippen LogP contribution in [0, 0.1) is 10.8 Å². The zero-order valence-corrected chi connectivity index (χ0v) is 18.1. The fourth-order valence-corrected chi connectivity index (χ4v) is 5.45. The third-order valence-electron chi connectivity index (χ3n) is 7.34. The topological polar surface area (TPSA) is 117 Å². The van der Waals surface area contributed by atoms with Crippen LogP contribution in [0.25, 0.3) is 11.2 Å². The van der Waals surface area contributed by atoms with Gasteiger partial charge in [0.1, 0.15) is 11.3 Å². The second kappa shape index (κ2) is 7.82. The second-order valence-corrected chi connectivity index (χ2v) is 9.71. The molecule has 0 amide bonds. The fourth-order valence-electron chi connectivity index (χ4n) is 5.34. The van der Waals surface area contributed by atoms with Crippen LogP contribution < -0.4 is 16.0 Å². The van der Waals surface area contributed by atoms with Gasteiger partial charge >= 0.3 is 5.69 Å². The molecule has 3 saturated carbocycles. The first kappa shape index (κ1) is 20.3. The van der Waals surface area contributed by atoms with Crippen molar-refractivity contribution in [2.24, 2.45) is 10.8 Å². The summed E-state index contributed by atoms with van der Waals surface area (Å²) in [6.07, 6.45) is 11.9. The van der Waals surface area contributed by atoms with Crippen LogP contribution in [0.5, 0.6) is 5.88 Å². The molecule has 3 N–H and O–H groups in total. The normalized spacial score (nSPS) is 25.2. The minimum Gasteiger partial charge on any atom is -0.477 e. The number of nitrogens with zero attached hydrogens (tertiary/aromatic N) is 2. The Morgan fingerprint density at radius 1 is 1.00 bits per heavy atom. The van der Waals surface area contributed by atoms with Crippen LogP contribution in [-0.4, -0.2) is 31.5 Å². The van der Waals surface area contributed by atoms with E-state index in [0.29, 0.717) is 27.5 Å². The molecule has 3 aromatic rings. The van der Waals surface area contributed by atoms with Crippen LogP contribution in [-0.2, 0) is 6.42 Å². The largest absolute Gasteiger partial charge is 0.477 e. The Labute approximate surface area is 183 Å². The molecule has 3 heterocycles. The number of aromatic nitrogens is 5. The SMILES string of the molecule is O=c1[nH]c(=O)c2[nH]c(CCCC34CCC(COc5ccc(Cl)cn5)(CC3)CC4)nc2[nH]1. The number of H-pyrrole nitrogens is 3. The first-order valence-electron chi connectivity index (χ1n) is 10.9. The third-order valence-corrected chi connectivity index (χ3v) is 7.57. The molecule has 0 saturated heterocycles.